The summed E-state index contributed by atoms with van der Waals surface area (Å²) in [4.78, 5) is 11.7. The van der Waals surface area contributed by atoms with E-state index in [1.807, 2.05) is 0 Å². The summed E-state index contributed by atoms with van der Waals surface area (Å²) in [6.45, 7) is 0.998. The molecule has 0 heterocycles. The smallest absolute Gasteiger partial charge is 0.261 e. The van der Waals surface area contributed by atoms with Crippen molar-refractivity contribution in [2.75, 3.05) is 23.1 Å². The number of carbonyl (C=O) groups is 1. The molecule has 1 aliphatic carbocycles. The molecule has 0 atom stereocenters. The van der Waals surface area contributed by atoms with Crippen LogP contribution in [0.1, 0.15) is 12.8 Å². The molecule has 0 radical (unpaired) electrons. The van der Waals surface area contributed by atoms with Gasteiger partial charge in [-0.25, -0.2) is 17.2 Å². The number of hydrogen-bond acceptors (Lipinski definition) is 4. The number of rotatable bonds is 8. The normalized spacial score (nSPS) is 14.0. The van der Waals surface area contributed by atoms with E-state index in [1.165, 1.54) is 37.1 Å². The van der Waals surface area contributed by atoms with E-state index in [0.29, 0.717) is 17.7 Å². The molecular formula is C18H19F2N3O3S. The number of nitrogens with one attached hydrogen (secondary N) is 3. The van der Waals surface area contributed by atoms with Gasteiger partial charge < -0.3 is 10.6 Å². The van der Waals surface area contributed by atoms with Crippen LogP contribution in [0.4, 0.5) is 20.2 Å². The quantitative estimate of drug-likeness (QED) is 0.641. The molecule has 2 aromatic rings. The van der Waals surface area contributed by atoms with Crippen LogP contribution in [0.3, 0.4) is 0 Å². The Balaban J connectivity index is 1.60. The van der Waals surface area contributed by atoms with Gasteiger partial charge in [-0.15, -0.1) is 0 Å². The Morgan fingerprint density at radius 1 is 1.07 bits per heavy atom. The van der Waals surface area contributed by atoms with E-state index in [4.69, 9.17) is 0 Å². The first-order valence-corrected chi connectivity index (χ1v) is 9.90. The summed E-state index contributed by atoms with van der Waals surface area (Å²) in [6, 6.07) is 8.01. The second-order valence-electron chi connectivity index (χ2n) is 6.38. The molecule has 144 valence electrons. The van der Waals surface area contributed by atoms with E-state index in [9.17, 15) is 22.0 Å². The van der Waals surface area contributed by atoms with Crippen LogP contribution in [0.25, 0.3) is 0 Å². The highest BCUT2D eigenvalue weighted by molar-refractivity contribution is 7.92. The van der Waals surface area contributed by atoms with Gasteiger partial charge in [0.2, 0.25) is 5.91 Å². The first-order valence-electron chi connectivity index (χ1n) is 8.42. The van der Waals surface area contributed by atoms with Gasteiger partial charge in [-0.3, -0.25) is 9.52 Å². The first-order chi connectivity index (χ1) is 12.8. The molecule has 3 rings (SSSR count). The molecule has 0 aromatic heterocycles. The topological polar surface area (TPSA) is 87.3 Å². The van der Waals surface area contributed by atoms with Crippen molar-refractivity contribution in [3.8, 4) is 0 Å². The number of sulfonamides is 1. The van der Waals surface area contributed by atoms with Crippen molar-refractivity contribution in [1.82, 2.24) is 5.32 Å². The minimum Gasteiger partial charge on any atom is -0.325 e. The Hall–Kier alpha value is -2.52. The molecule has 1 fully saturated rings. The fourth-order valence-corrected chi connectivity index (χ4v) is 3.48. The summed E-state index contributed by atoms with van der Waals surface area (Å²) >= 11 is 0. The molecule has 27 heavy (non-hydrogen) atoms. The lowest BCUT2D eigenvalue weighted by atomic mass is 10.3. The van der Waals surface area contributed by atoms with Gasteiger partial charge in [-0.2, -0.15) is 0 Å². The maximum Gasteiger partial charge on any atom is 0.261 e. The molecule has 0 aliphatic heterocycles. The van der Waals surface area contributed by atoms with Crippen molar-refractivity contribution >= 4 is 27.3 Å². The SMILES string of the molecule is O=C(CNCC1CC1)Nc1ccc(S(=O)(=O)Nc2ccc(F)cc2F)cc1. The maximum absolute atomic E-state index is 13.6. The lowest BCUT2D eigenvalue weighted by Crippen LogP contribution is -2.29. The third-order valence-electron chi connectivity index (χ3n) is 4.04. The van der Waals surface area contributed by atoms with Crippen molar-refractivity contribution in [2.45, 2.75) is 17.7 Å². The number of anilines is 2. The highest BCUT2D eigenvalue weighted by Gasteiger charge is 2.20. The molecule has 1 saturated carbocycles. The third-order valence-corrected chi connectivity index (χ3v) is 5.42. The van der Waals surface area contributed by atoms with Crippen molar-refractivity contribution in [1.29, 1.82) is 0 Å². The van der Waals surface area contributed by atoms with Gasteiger partial charge in [0.15, 0.2) is 0 Å². The van der Waals surface area contributed by atoms with E-state index >= 15 is 0 Å². The van der Waals surface area contributed by atoms with E-state index in [1.54, 1.807) is 0 Å². The van der Waals surface area contributed by atoms with Gasteiger partial charge >= 0.3 is 0 Å². The molecule has 3 N–H and O–H groups in total. The number of hydrogen-bond donors (Lipinski definition) is 3. The monoisotopic (exact) mass is 395 g/mol. The van der Waals surface area contributed by atoms with Crippen LogP contribution in [0.15, 0.2) is 47.4 Å². The van der Waals surface area contributed by atoms with Gasteiger partial charge in [0, 0.05) is 11.8 Å². The first kappa shape index (κ1) is 19.2. The molecule has 1 amide bonds. The third kappa shape index (κ3) is 5.48. The highest BCUT2D eigenvalue weighted by Crippen LogP contribution is 2.27. The van der Waals surface area contributed by atoms with Crippen LogP contribution in [0, 0.1) is 17.6 Å². The Morgan fingerprint density at radius 2 is 1.78 bits per heavy atom. The minimum absolute atomic E-state index is 0.115. The van der Waals surface area contributed by atoms with Crippen LogP contribution >= 0.6 is 0 Å². The van der Waals surface area contributed by atoms with E-state index < -0.39 is 21.7 Å². The Labute approximate surface area is 156 Å². The fourth-order valence-electron chi connectivity index (χ4n) is 2.41. The van der Waals surface area contributed by atoms with Crippen molar-refractivity contribution in [3.05, 3.63) is 54.1 Å². The van der Waals surface area contributed by atoms with Crippen LogP contribution in [0.5, 0.6) is 0 Å². The predicted octanol–water partition coefficient (Wildman–Crippen LogP) is 2.70. The highest BCUT2D eigenvalue weighted by atomic mass is 32.2. The Morgan fingerprint density at radius 3 is 2.41 bits per heavy atom. The van der Waals surface area contributed by atoms with Crippen molar-refractivity contribution < 1.29 is 22.0 Å². The summed E-state index contributed by atoms with van der Waals surface area (Å²) in [5, 5.41) is 5.72. The molecule has 6 nitrogen and oxygen atoms in total. The molecule has 1 aliphatic rings. The van der Waals surface area contributed by atoms with Crippen molar-refractivity contribution in [3.63, 3.8) is 0 Å². The van der Waals surface area contributed by atoms with Crippen LogP contribution in [-0.4, -0.2) is 27.4 Å². The molecule has 2 aromatic carbocycles. The van der Waals surface area contributed by atoms with E-state index in [0.717, 1.165) is 18.7 Å². The van der Waals surface area contributed by atoms with Gasteiger partial charge in [-0.05, 0) is 61.7 Å². The second kappa shape index (κ2) is 8.01. The van der Waals surface area contributed by atoms with Gasteiger partial charge in [-0.1, -0.05) is 0 Å². The zero-order valence-electron chi connectivity index (χ0n) is 14.3. The van der Waals surface area contributed by atoms with Crippen molar-refractivity contribution in [2.24, 2.45) is 5.92 Å². The van der Waals surface area contributed by atoms with E-state index in [2.05, 4.69) is 15.4 Å². The largest absolute Gasteiger partial charge is 0.325 e. The Kier molecular flexibility index (Phi) is 5.71. The fraction of sp³-hybridized carbons (Fsp3) is 0.278. The van der Waals surface area contributed by atoms with E-state index in [-0.39, 0.29) is 23.0 Å². The number of halogens is 2. The predicted molar refractivity (Wildman–Crippen MR) is 97.8 cm³/mol. The zero-order chi connectivity index (χ0) is 19.4. The van der Waals surface area contributed by atoms with Crippen LogP contribution in [-0.2, 0) is 14.8 Å². The number of amides is 1. The standard InChI is InChI=1S/C18H19F2N3O3S/c19-13-3-8-17(16(20)9-13)23-27(25,26)15-6-4-14(5-7-15)22-18(24)11-21-10-12-1-2-12/h3-9,12,21,23H,1-2,10-11H2,(H,22,24). The average molecular weight is 395 g/mol. The molecule has 0 spiro atoms. The lowest BCUT2D eigenvalue weighted by Gasteiger charge is -2.10. The van der Waals surface area contributed by atoms with Crippen LogP contribution < -0.4 is 15.4 Å². The molecule has 9 heteroatoms. The minimum atomic E-state index is -4.05. The summed E-state index contributed by atoms with van der Waals surface area (Å²) in [5.74, 6) is -1.37. The summed E-state index contributed by atoms with van der Waals surface area (Å²) in [5.41, 5.74) is 0.0932. The molecule has 0 saturated heterocycles. The zero-order valence-corrected chi connectivity index (χ0v) is 15.2. The van der Waals surface area contributed by atoms with Gasteiger partial charge in [0.1, 0.15) is 11.6 Å². The molecule has 0 bridgehead atoms. The lowest BCUT2D eigenvalue weighted by molar-refractivity contribution is -0.115. The average Bonchev–Trinajstić information content (AvgIpc) is 3.42. The molecular weight excluding hydrogens is 376 g/mol. The summed E-state index contributed by atoms with van der Waals surface area (Å²) in [6.07, 6.45) is 2.39. The second-order valence-corrected chi connectivity index (χ2v) is 8.06. The van der Waals surface area contributed by atoms with Crippen LogP contribution in [0.2, 0.25) is 0 Å². The summed E-state index contributed by atoms with van der Waals surface area (Å²) in [7, 11) is -4.05. The number of benzene rings is 2. The Bertz CT molecular complexity index is 929. The van der Waals surface area contributed by atoms with Gasteiger partial charge in [0.25, 0.3) is 10.0 Å². The maximum atomic E-state index is 13.6. The van der Waals surface area contributed by atoms with Gasteiger partial charge in [0.05, 0.1) is 17.1 Å². The number of carbonyl (C=O) groups excluding carboxylic acids is 1. The summed E-state index contributed by atoms with van der Waals surface area (Å²) < 4.78 is 53.3. The molecule has 0 unspecified atom stereocenters.